The van der Waals surface area contributed by atoms with Crippen molar-refractivity contribution in [3.63, 3.8) is 0 Å². The lowest BCUT2D eigenvalue weighted by Gasteiger charge is -2.02. The van der Waals surface area contributed by atoms with Crippen molar-refractivity contribution in [3.05, 3.63) is 85.5 Å². The molecule has 3 rings (SSSR count). The predicted molar refractivity (Wildman–Crippen MR) is 81.8 cm³/mol. The molecule has 0 atom stereocenters. The number of rotatable bonds is 2. The van der Waals surface area contributed by atoms with Gasteiger partial charge in [0, 0.05) is 5.56 Å². The molecule has 0 spiro atoms. The summed E-state index contributed by atoms with van der Waals surface area (Å²) in [6, 6.07) is 19.9. The van der Waals surface area contributed by atoms with Crippen molar-refractivity contribution in [3.8, 4) is 11.4 Å². The highest BCUT2D eigenvalue weighted by Crippen LogP contribution is 2.19. The first-order valence-electron chi connectivity index (χ1n) is 6.25. The van der Waals surface area contributed by atoms with Crippen LogP contribution in [0.4, 0.5) is 0 Å². The summed E-state index contributed by atoms with van der Waals surface area (Å²) in [4.78, 5) is 12.0. The summed E-state index contributed by atoms with van der Waals surface area (Å²) in [6.45, 7) is 3.75. The molecule has 0 amide bonds. The lowest BCUT2D eigenvalue weighted by Crippen LogP contribution is -1.90. The number of hydrogen-bond donors (Lipinski definition) is 0. The molecule has 2 aromatic carbocycles. The van der Waals surface area contributed by atoms with E-state index in [4.69, 9.17) is 0 Å². The lowest BCUT2D eigenvalue weighted by molar-refractivity contribution is 1.06. The third-order valence-electron chi connectivity index (χ3n) is 2.58. The number of aromatic nitrogens is 3. The van der Waals surface area contributed by atoms with Crippen molar-refractivity contribution in [2.24, 2.45) is 0 Å². The molecule has 0 aliphatic rings. The van der Waals surface area contributed by atoms with E-state index in [1.165, 1.54) is 12.7 Å². The Morgan fingerprint density at radius 2 is 1.30 bits per heavy atom. The average Bonchev–Trinajstić information content (AvgIpc) is 2.58. The quantitative estimate of drug-likeness (QED) is 0.703. The van der Waals surface area contributed by atoms with E-state index < -0.39 is 0 Å². The van der Waals surface area contributed by atoms with Crippen LogP contribution in [0.2, 0.25) is 0 Å². The second-order valence-corrected chi connectivity index (χ2v) is 3.91. The van der Waals surface area contributed by atoms with Crippen molar-refractivity contribution in [2.45, 2.75) is 0 Å². The van der Waals surface area contributed by atoms with Crippen LogP contribution in [0.1, 0.15) is 5.56 Å². The minimum Gasteiger partial charge on any atom is -0.225 e. The second-order valence-electron chi connectivity index (χ2n) is 3.91. The predicted octanol–water partition coefficient (Wildman–Crippen LogP) is 3.87. The Labute approximate surface area is 118 Å². The molecule has 0 bridgehead atoms. The molecule has 0 aliphatic heterocycles. The van der Waals surface area contributed by atoms with Gasteiger partial charge in [0.2, 0.25) is 0 Å². The Morgan fingerprint density at radius 1 is 0.750 bits per heavy atom. The van der Waals surface area contributed by atoms with Gasteiger partial charge in [0.15, 0.2) is 5.82 Å². The molecule has 0 fully saturated rings. The number of benzene rings is 2. The van der Waals surface area contributed by atoms with Crippen LogP contribution in [0.3, 0.4) is 0 Å². The fourth-order valence-electron chi connectivity index (χ4n) is 1.64. The Morgan fingerprint density at radius 3 is 1.85 bits per heavy atom. The van der Waals surface area contributed by atoms with Crippen LogP contribution in [-0.4, -0.2) is 15.0 Å². The minimum absolute atomic E-state index is 0.676. The van der Waals surface area contributed by atoms with E-state index in [0.717, 1.165) is 11.1 Å². The van der Waals surface area contributed by atoms with E-state index in [9.17, 15) is 0 Å². The van der Waals surface area contributed by atoms with E-state index in [0.29, 0.717) is 5.82 Å². The molecule has 0 saturated heterocycles. The van der Waals surface area contributed by atoms with E-state index >= 15 is 0 Å². The summed E-state index contributed by atoms with van der Waals surface area (Å²) < 4.78 is 0. The summed E-state index contributed by atoms with van der Waals surface area (Å²) in [6.07, 6.45) is 4.77. The van der Waals surface area contributed by atoms with Crippen LogP contribution in [0.5, 0.6) is 0 Å². The number of hydrogen-bond acceptors (Lipinski definition) is 3. The van der Waals surface area contributed by atoms with Gasteiger partial charge in [-0.1, -0.05) is 73.3 Å². The largest absolute Gasteiger partial charge is 0.225 e. The molecule has 0 N–H and O–H groups in total. The normalized spacial score (nSPS) is 9.20. The molecule has 20 heavy (non-hydrogen) atoms. The van der Waals surface area contributed by atoms with Crippen LogP contribution >= 0.6 is 0 Å². The van der Waals surface area contributed by atoms with Gasteiger partial charge in [0.25, 0.3) is 0 Å². The maximum Gasteiger partial charge on any atom is 0.163 e. The molecule has 0 aliphatic carbocycles. The van der Waals surface area contributed by atoms with Gasteiger partial charge >= 0.3 is 0 Å². The van der Waals surface area contributed by atoms with Gasteiger partial charge in [-0.15, -0.1) is 0 Å². The lowest BCUT2D eigenvalue weighted by atomic mass is 10.1. The van der Waals surface area contributed by atoms with Gasteiger partial charge in [-0.2, -0.15) is 0 Å². The molecular formula is C17H15N3. The van der Waals surface area contributed by atoms with Gasteiger partial charge in [-0.3, -0.25) is 0 Å². The van der Waals surface area contributed by atoms with Crippen LogP contribution in [0.25, 0.3) is 17.5 Å². The molecule has 3 aromatic rings. The van der Waals surface area contributed by atoms with E-state index in [2.05, 4.69) is 21.5 Å². The molecular weight excluding hydrogens is 246 g/mol. The van der Waals surface area contributed by atoms with Crippen LogP contribution in [-0.2, 0) is 0 Å². The molecule has 3 nitrogen and oxygen atoms in total. The maximum absolute atomic E-state index is 4.09. The summed E-state index contributed by atoms with van der Waals surface area (Å²) in [5, 5.41) is 0. The molecule has 0 radical (unpaired) electrons. The highest BCUT2D eigenvalue weighted by molar-refractivity contribution is 5.69. The second kappa shape index (κ2) is 7.59. The summed E-state index contributed by atoms with van der Waals surface area (Å²) >= 11 is 0. The first-order chi connectivity index (χ1) is 9.92. The van der Waals surface area contributed by atoms with Crippen LogP contribution in [0.15, 0.2) is 79.9 Å². The third kappa shape index (κ3) is 3.85. The highest BCUT2D eigenvalue weighted by Gasteiger charge is 2.02. The summed E-state index contributed by atoms with van der Waals surface area (Å²) in [5.41, 5.74) is 2.00. The molecule has 1 aromatic heterocycles. The maximum atomic E-state index is 4.09. The van der Waals surface area contributed by atoms with Crippen LogP contribution in [0, 0.1) is 0 Å². The van der Waals surface area contributed by atoms with E-state index in [1.54, 1.807) is 6.08 Å². The summed E-state index contributed by atoms with van der Waals surface area (Å²) in [5.74, 6) is 0.676. The van der Waals surface area contributed by atoms with Crippen LogP contribution < -0.4 is 0 Å². The minimum atomic E-state index is 0.676. The van der Waals surface area contributed by atoms with Gasteiger partial charge in [0.1, 0.15) is 12.7 Å². The van der Waals surface area contributed by atoms with Crippen molar-refractivity contribution >= 4 is 6.08 Å². The van der Waals surface area contributed by atoms with Crippen molar-refractivity contribution < 1.29 is 0 Å². The highest BCUT2D eigenvalue weighted by atomic mass is 15.0. The Balaban J connectivity index is 0.000000205. The fraction of sp³-hybridized carbons (Fsp3) is 0. The SMILES string of the molecule is C=Cc1ccccc1-c1ncncn1.c1ccccc1. The zero-order chi connectivity index (χ0) is 14.0. The van der Waals surface area contributed by atoms with E-state index in [-0.39, 0.29) is 0 Å². The van der Waals surface area contributed by atoms with Crippen molar-refractivity contribution in [1.82, 2.24) is 15.0 Å². The van der Waals surface area contributed by atoms with Gasteiger partial charge in [0.05, 0.1) is 0 Å². The van der Waals surface area contributed by atoms with Gasteiger partial charge < -0.3 is 0 Å². The standard InChI is InChI=1S/C11H9N3.C6H6/c1-2-9-5-3-4-6-10(9)11-13-7-12-8-14-11;1-2-4-6-5-3-1/h2-8H,1H2;1-6H. The molecule has 3 heteroatoms. The smallest absolute Gasteiger partial charge is 0.163 e. The fourth-order valence-corrected chi connectivity index (χ4v) is 1.64. The summed E-state index contributed by atoms with van der Waals surface area (Å²) in [7, 11) is 0. The first-order valence-corrected chi connectivity index (χ1v) is 6.25. The monoisotopic (exact) mass is 261 g/mol. The topological polar surface area (TPSA) is 38.7 Å². The van der Waals surface area contributed by atoms with Crippen molar-refractivity contribution in [1.29, 1.82) is 0 Å². The zero-order valence-corrected chi connectivity index (χ0v) is 11.1. The van der Waals surface area contributed by atoms with Gasteiger partial charge in [-0.05, 0) is 5.56 Å². The van der Waals surface area contributed by atoms with Gasteiger partial charge in [-0.25, -0.2) is 15.0 Å². The molecule has 1 heterocycles. The molecule has 0 unspecified atom stereocenters. The zero-order valence-electron chi connectivity index (χ0n) is 11.1. The Hall–Kier alpha value is -2.81. The average molecular weight is 261 g/mol. The van der Waals surface area contributed by atoms with Crippen molar-refractivity contribution in [2.75, 3.05) is 0 Å². The molecule has 0 saturated carbocycles. The number of nitrogens with zero attached hydrogens (tertiary/aromatic N) is 3. The van der Waals surface area contributed by atoms with E-state index in [1.807, 2.05) is 60.7 Å². The third-order valence-corrected chi connectivity index (χ3v) is 2.58. The molecule has 98 valence electrons. The first kappa shape index (κ1) is 13.6. The Kier molecular flexibility index (Phi) is 5.17. The Bertz CT molecular complexity index is 610.